The predicted octanol–water partition coefficient (Wildman–Crippen LogP) is 1.77. The van der Waals surface area contributed by atoms with Crippen molar-refractivity contribution in [3.05, 3.63) is 35.4 Å². The zero-order valence-corrected chi connectivity index (χ0v) is 20.6. The fourth-order valence-corrected chi connectivity index (χ4v) is 5.69. The molecule has 2 aliphatic heterocycles. The van der Waals surface area contributed by atoms with Crippen molar-refractivity contribution >= 4 is 39.8 Å². The first kappa shape index (κ1) is 24.4. The summed E-state index contributed by atoms with van der Waals surface area (Å²) in [4.78, 5) is 6.69. The zero-order chi connectivity index (χ0) is 20.1. The number of halogens is 1. The molecule has 3 unspecified atom stereocenters. The van der Waals surface area contributed by atoms with Crippen molar-refractivity contribution < 1.29 is 13.2 Å². The van der Waals surface area contributed by atoms with Crippen LogP contribution in [-0.2, 0) is 27.7 Å². The number of morpholine rings is 1. The summed E-state index contributed by atoms with van der Waals surface area (Å²) in [6.45, 7) is 7.65. The second kappa shape index (κ2) is 10.9. The molecule has 0 spiro atoms. The molecule has 2 fully saturated rings. The van der Waals surface area contributed by atoms with Crippen LogP contribution in [0.4, 0.5) is 0 Å². The van der Waals surface area contributed by atoms with Crippen LogP contribution in [0.25, 0.3) is 0 Å². The number of nitrogens with zero attached hydrogens (tertiary/aromatic N) is 2. The molecule has 0 bridgehead atoms. The number of sulfone groups is 1. The van der Waals surface area contributed by atoms with E-state index in [1.165, 1.54) is 11.1 Å². The molecule has 3 atom stereocenters. The normalized spacial score (nSPS) is 27.3. The number of aliphatic imine (C=N–C) groups is 1. The Hall–Kier alpha value is -0.910. The van der Waals surface area contributed by atoms with E-state index in [0.717, 1.165) is 19.6 Å². The summed E-state index contributed by atoms with van der Waals surface area (Å²) in [6, 6.07) is 8.35. The highest BCUT2D eigenvalue weighted by atomic mass is 127. The Bertz CT molecular complexity index is 793. The van der Waals surface area contributed by atoms with Crippen LogP contribution in [-0.4, -0.2) is 69.2 Å². The molecule has 1 aromatic rings. The molecule has 0 saturated carbocycles. The van der Waals surface area contributed by atoms with Gasteiger partial charge in [-0.05, 0) is 31.4 Å². The smallest absolute Gasteiger partial charge is 0.191 e. The molecule has 0 amide bonds. The lowest BCUT2D eigenvalue weighted by molar-refractivity contribution is -0.0705. The van der Waals surface area contributed by atoms with Gasteiger partial charge < -0.3 is 15.4 Å². The zero-order valence-electron chi connectivity index (χ0n) is 17.4. The van der Waals surface area contributed by atoms with E-state index >= 15 is 0 Å². The first-order chi connectivity index (χ1) is 13.3. The van der Waals surface area contributed by atoms with Gasteiger partial charge in [-0.1, -0.05) is 24.3 Å². The number of guanidine groups is 1. The van der Waals surface area contributed by atoms with Crippen LogP contribution >= 0.6 is 24.0 Å². The van der Waals surface area contributed by atoms with Gasteiger partial charge in [0.05, 0.1) is 23.7 Å². The Balaban J connectivity index is 0.00000300. The third kappa shape index (κ3) is 7.37. The van der Waals surface area contributed by atoms with Crippen molar-refractivity contribution in [1.82, 2.24) is 15.5 Å². The minimum atomic E-state index is -2.91. The molecule has 0 radical (unpaired) electrons. The van der Waals surface area contributed by atoms with Crippen molar-refractivity contribution in [1.29, 1.82) is 0 Å². The van der Waals surface area contributed by atoms with E-state index in [4.69, 9.17) is 4.74 Å². The maximum atomic E-state index is 11.7. The number of benzene rings is 1. The lowest BCUT2D eigenvalue weighted by Gasteiger charge is -2.35. The van der Waals surface area contributed by atoms with Gasteiger partial charge in [0.2, 0.25) is 0 Å². The highest BCUT2D eigenvalue weighted by molar-refractivity contribution is 14.0. The van der Waals surface area contributed by atoms with E-state index in [9.17, 15) is 8.42 Å². The van der Waals surface area contributed by atoms with E-state index in [-0.39, 0.29) is 53.7 Å². The molecule has 3 rings (SSSR count). The Morgan fingerprint density at radius 1 is 1.21 bits per heavy atom. The number of hydrogen-bond donors (Lipinski definition) is 2. The van der Waals surface area contributed by atoms with E-state index < -0.39 is 9.84 Å². The number of hydrogen-bond acceptors (Lipinski definition) is 5. The maximum Gasteiger partial charge on any atom is 0.191 e. The van der Waals surface area contributed by atoms with Crippen molar-refractivity contribution in [3.8, 4) is 0 Å². The molecule has 9 heteroatoms. The Labute approximate surface area is 191 Å². The molecule has 29 heavy (non-hydrogen) atoms. The van der Waals surface area contributed by atoms with Crippen molar-refractivity contribution in [2.75, 3.05) is 31.6 Å². The Morgan fingerprint density at radius 3 is 2.45 bits per heavy atom. The van der Waals surface area contributed by atoms with Crippen LogP contribution in [0.3, 0.4) is 0 Å². The SMILES string of the molecule is CN=C(NCc1ccccc1CN1CC(C)OC(C)C1)NC1CCS(=O)(=O)C1.I. The largest absolute Gasteiger partial charge is 0.373 e. The van der Waals surface area contributed by atoms with Crippen molar-refractivity contribution in [2.24, 2.45) is 4.99 Å². The summed E-state index contributed by atoms with van der Waals surface area (Å²) < 4.78 is 29.1. The quantitative estimate of drug-likeness (QED) is 0.339. The van der Waals surface area contributed by atoms with Crippen LogP contribution in [0.5, 0.6) is 0 Å². The van der Waals surface area contributed by atoms with Gasteiger partial charge in [0.25, 0.3) is 0 Å². The van der Waals surface area contributed by atoms with Gasteiger partial charge in [0, 0.05) is 39.3 Å². The van der Waals surface area contributed by atoms with E-state index in [1.807, 2.05) is 6.07 Å². The van der Waals surface area contributed by atoms with E-state index in [0.29, 0.717) is 18.9 Å². The number of ether oxygens (including phenoxy) is 1. The van der Waals surface area contributed by atoms with E-state index in [1.54, 1.807) is 7.05 Å². The molecule has 2 N–H and O–H groups in total. The molecule has 7 nitrogen and oxygen atoms in total. The molecule has 1 aromatic carbocycles. The lowest BCUT2D eigenvalue weighted by atomic mass is 10.1. The minimum absolute atomic E-state index is 0. The summed E-state index contributed by atoms with van der Waals surface area (Å²) in [5, 5.41) is 6.57. The molecular formula is C20H33IN4O3S. The molecule has 2 aliphatic rings. The fourth-order valence-electron chi connectivity index (χ4n) is 4.01. The van der Waals surface area contributed by atoms with Crippen LogP contribution in [0.1, 0.15) is 31.4 Å². The number of rotatable bonds is 5. The molecule has 0 aliphatic carbocycles. The van der Waals surface area contributed by atoms with Crippen molar-refractivity contribution in [2.45, 2.75) is 51.6 Å². The van der Waals surface area contributed by atoms with Gasteiger partial charge in [0.1, 0.15) is 0 Å². The van der Waals surface area contributed by atoms with Gasteiger partial charge in [-0.2, -0.15) is 0 Å². The van der Waals surface area contributed by atoms with Crippen LogP contribution in [0.2, 0.25) is 0 Å². The van der Waals surface area contributed by atoms with Gasteiger partial charge in [0.15, 0.2) is 15.8 Å². The minimum Gasteiger partial charge on any atom is -0.373 e. The topological polar surface area (TPSA) is 83.0 Å². The lowest BCUT2D eigenvalue weighted by Crippen LogP contribution is -2.45. The summed E-state index contributed by atoms with van der Waals surface area (Å²) in [5.74, 6) is 1.07. The highest BCUT2D eigenvalue weighted by Crippen LogP contribution is 2.17. The standard InChI is InChI=1S/C20H32N4O3S.HI/c1-15-11-24(12-16(2)27-15)13-18-7-5-4-6-17(18)10-22-20(21-3)23-19-8-9-28(25,26)14-19;/h4-7,15-16,19H,8-14H2,1-3H3,(H2,21,22,23);1H. The van der Waals surface area contributed by atoms with E-state index in [2.05, 4.69) is 52.6 Å². The molecule has 2 heterocycles. The third-order valence-electron chi connectivity index (χ3n) is 5.25. The Morgan fingerprint density at radius 2 is 1.86 bits per heavy atom. The summed E-state index contributed by atoms with van der Waals surface area (Å²) >= 11 is 0. The molecule has 0 aromatic heterocycles. The van der Waals surface area contributed by atoms with Gasteiger partial charge >= 0.3 is 0 Å². The van der Waals surface area contributed by atoms with Crippen LogP contribution in [0.15, 0.2) is 29.3 Å². The monoisotopic (exact) mass is 536 g/mol. The summed E-state index contributed by atoms with van der Waals surface area (Å²) in [7, 11) is -1.20. The van der Waals surface area contributed by atoms with Crippen LogP contribution in [0, 0.1) is 0 Å². The van der Waals surface area contributed by atoms with Crippen LogP contribution < -0.4 is 10.6 Å². The molecule has 2 saturated heterocycles. The molecular weight excluding hydrogens is 503 g/mol. The third-order valence-corrected chi connectivity index (χ3v) is 7.02. The number of nitrogens with one attached hydrogen (secondary N) is 2. The fraction of sp³-hybridized carbons (Fsp3) is 0.650. The van der Waals surface area contributed by atoms with Gasteiger partial charge in [-0.3, -0.25) is 9.89 Å². The van der Waals surface area contributed by atoms with Gasteiger partial charge in [-0.25, -0.2) is 8.42 Å². The first-order valence-electron chi connectivity index (χ1n) is 9.97. The molecule has 164 valence electrons. The second-order valence-electron chi connectivity index (χ2n) is 7.89. The highest BCUT2D eigenvalue weighted by Gasteiger charge is 2.28. The average Bonchev–Trinajstić information content (AvgIpc) is 2.97. The Kier molecular flexibility index (Phi) is 9.17. The van der Waals surface area contributed by atoms with Crippen molar-refractivity contribution in [3.63, 3.8) is 0 Å². The van der Waals surface area contributed by atoms with Gasteiger partial charge in [-0.15, -0.1) is 24.0 Å². The average molecular weight is 536 g/mol. The second-order valence-corrected chi connectivity index (χ2v) is 10.1. The first-order valence-corrected chi connectivity index (χ1v) is 11.8. The predicted molar refractivity (Wildman–Crippen MR) is 128 cm³/mol. The maximum absolute atomic E-state index is 11.7. The summed E-state index contributed by atoms with van der Waals surface area (Å²) in [6.07, 6.45) is 1.13. The summed E-state index contributed by atoms with van der Waals surface area (Å²) in [5.41, 5.74) is 2.51.